The molecule has 0 aliphatic rings. The number of carboxylic acids is 1. The topological polar surface area (TPSA) is 42.2 Å². The molecule has 4 heteroatoms. The number of nitrogens with zero attached hydrogens (tertiary/aromatic N) is 1. The molecular formula is C14H17NO2S. The zero-order chi connectivity index (χ0) is 13.1. The Morgan fingerprint density at radius 1 is 1.39 bits per heavy atom. The van der Waals surface area contributed by atoms with Gasteiger partial charge in [-0.2, -0.15) is 11.8 Å². The molecule has 0 aliphatic heterocycles. The van der Waals surface area contributed by atoms with Crippen molar-refractivity contribution in [1.29, 1.82) is 0 Å². The number of hydrogen-bond acceptors (Lipinski definition) is 2. The van der Waals surface area contributed by atoms with E-state index in [0.29, 0.717) is 5.56 Å². The molecule has 18 heavy (non-hydrogen) atoms. The monoisotopic (exact) mass is 263 g/mol. The minimum absolute atomic E-state index is 0.409. The van der Waals surface area contributed by atoms with E-state index in [1.165, 1.54) is 0 Å². The Balaban J connectivity index is 2.65. The Morgan fingerprint density at radius 3 is 2.78 bits per heavy atom. The van der Waals surface area contributed by atoms with E-state index in [2.05, 4.69) is 24.6 Å². The van der Waals surface area contributed by atoms with Gasteiger partial charge in [0.15, 0.2) is 0 Å². The first-order valence-corrected chi connectivity index (χ1v) is 7.26. The van der Waals surface area contributed by atoms with Crippen LogP contribution < -0.4 is 0 Å². The normalized spacial score (nSPS) is 11.0. The van der Waals surface area contributed by atoms with Crippen molar-refractivity contribution < 1.29 is 9.90 Å². The first kappa shape index (κ1) is 13.0. The van der Waals surface area contributed by atoms with Gasteiger partial charge >= 0.3 is 5.97 Å². The number of aryl methyl sites for hydroxylation is 1. The van der Waals surface area contributed by atoms with Gasteiger partial charge in [0.25, 0.3) is 0 Å². The zero-order valence-corrected chi connectivity index (χ0v) is 11.5. The molecule has 2 aromatic rings. The molecule has 96 valence electrons. The quantitative estimate of drug-likeness (QED) is 0.896. The summed E-state index contributed by atoms with van der Waals surface area (Å²) < 4.78 is 2.12. The molecule has 2 rings (SSSR count). The van der Waals surface area contributed by atoms with Gasteiger partial charge in [-0.3, -0.25) is 0 Å². The highest BCUT2D eigenvalue weighted by atomic mass is 32.2. The van der Waals surface area contributed by atoms with E-state index < -0.39 is 5.97 Å². The van der Waals surface area contributed by atoms with Crippen LogP contribution in [-0.2, 0) is 12.3 Å². The molecule has 0 saturated heterocycles. The molecule has 1 aromatic carbocycles. The lowest BCUT2D eigenvalue weighted by atomic mass is 10.1. The second kappa shape index (κ2) is 5.48. The summed E-state index contributed by atoms with van der Waals surface area (Å²) in [5.41, 5.74) is 2.55. The highest BCUT2D eigenvalue weighted by Gasteiger charge is 2.15. The van der Waals surface area contributed by atoms with Gasteiger partial charge in [0.2, 0.25) is 0 Å². The maximum absolute atomic E-state index is 11.3. The summed E-state index contributed by atoms with van der Waals surface area (Å²) in [4.78, 5) is 11.3. The average molecular weight is 263 g/mol. The van der Waals surface area contributed by atoms with Gasteiger partial charge in [0.05, 0.1) is 5.56 Å². The first-order valence-electron chi connectivity index (χ1n) is 6.10. The third kappa shape index (κ3) is 2.25. The largest absolute Gasteiger partial charge is 0.478 e. The van der Waals surface area contributed by atoms with E-state index in [0.717, 1.165) is 34.5 Å². The number of carboxylic acid groups (broad SMARTS) is 1. The van der Waals surface area contributed by atoms with Crippen molar-refractivity contribution in [3.05, 3.63) is 35.5 Å². The molecule has 0 atom stereocenters. The highest BCUT2D eigenvalue weighted by molar-refractivity contribution is 7.98. The van der Waals surface area contributed by atoms with Gasteiger partial charge < -0.3 is 9.67 Å². The van der Waals surface area contributed by atoms with Gasteiger partial charge in [-0.1, -0.05) is 13.0 Å². The minimum atomic E-state index is -0.850. The standard InChI is InChI=1S/C14H17NO2S/c1-3-15-8-10(9-18-4-2)13-11(14(16)17)6-5-7-12(13)15/h5-8H,3-4,9H2,1-2H3,(H,16,17). The number of rotatable bonds is 5. The van der Waals surface area contributed by atoms with Gasteiger partial charge in [-0.15, -0.1) is 0 Å². The molecule has 0 spiro atoms. The SMILES string of the molecule is CCSCc1cn(CC)c2cccc(C(=O)O)c12. The lowest BCUT2D eigenvalue weighted by molar-refractivity contribution is 0.0699. The Labute approximate surface area is 111 Å². The van der Waals surface area contributed by atoms with Crippen molar-refractivity contribution in [2.45, 2.75) is 26.1 Å². The second-order valence-corrected chi connectivity index (χ2v) is 5.36. The number of aromatic nitrogens is 1. The third-order valence-electron chi connectivity index (χ3n) is 3.02. The zero-order valence-electron chi connectivity index (χ0n) is 10.6. The molecular weight excluding hydrogens is 246 g/mol. The van der Waals surface area contributed by atoms with Crippen LogP contribution in [0.1, 0.15) is 29.8 Å². The van der Waals surface area contributed by atoms with Crippen LogP contribution in [0.5, 0.6) is 0 Å². The summed E-state index contributed by atoms with van der Waals surface area (Å²) >= 11 is 1.81. The Hall–Kier alpha value is -1.42. The molecule has 1 heterocycles. The molecule has 3 nitrogen and oxygen atoms in total. The number of carbonyl (C=O) groups is 1. The van der Waals surface area contributed by atoms with Crippen LogP contribution in [0, 0.1) is 0 Å². The molecule has 0 aliphatic carbocycles. The Bertz CT molecular complexity index is 574. The Morgan fingerprint density at radius 2 is 2.17 bits per heavy atom. The van der Waals surface area contributed by atoms with Crippen molar-refractivity contribution in [2.75, 3.05) is 5.75 Å². The number of hydrogen-bond donors (Lipinski definition) is 1. The third-order valence-corrected chi connectivity index (χ3v) is 3.94. The summed E-state index contributed by atoms with van der Waals surface area (Å²) in [5.74, 6) is 1.05. The van der Waals surface area contributed by atoms with Crippen molar-refractivity contribution in [1.82, 2.24) is 4.57 Å². The van der Waals surface area contributed by atoms with Crippen LogP contribution >= 0.6 is 11.8 Å². The van der Waals surface area contributed by atoms with E-state index >= 15 is 0 Å². The van der Waals surface area contributed by atoms with E-state index in [9.17, 15) is 9.90 Å². The van der Waals surface area contributed by atoms with E-state index in [4.69, 9.17) is 0 Å². The fourth-order valence-electron chi connectivity index (χ4n) is 2.20. The molecule has 0 radical (unpaired) electrons. The van der Waals surface area contributed by atoms with Gasteiger partial charge in [-0.05, 0) is 30.4 Å². The Kier molecular flexibility index (Phi) is 3.97. The number of thioether (sulfide) groups is 1. The predicted octanol–water partition coefficient (Wildman–Crippen LogP) is 3.61. The van der Waals surface area contributed by atoms with Crippen molar-refractivity contribution in [3.63, 3.8) is 0 Å². The molecule has 0 bridgehead atoms. The highest BCUT2D eigenvalue weighted by Crippen LogP contribution is 2.28. The van der Waals surface area contributed by atoms with Crippen LogP contribution in [-0.4, -0.2) is 21.4 Å². The number of benzene rings is 1. The molecule has 0 amide bonds. The maximum Gasteiger partial charge on any atom is 0.336 e. The summed E-state index contributed by atoms with van der Waals surface area (Å²) in [6.45, 7) is 5.04. The molecule has 0 fully saturated rings. The van der Waals surface area contributed by atoms with Crippen LogP contribution in [0.4, 0.5) is 0 Å². The summed E-state index contributed by atoms with van der Waals surface area (Å²) in [5, 5.41) is 10.2. The summed E-state index contributed by atoms with van der Waals surface area (Å²) in [6, 6.07) is 5.49. The second-order valence-electron chi connectivity index (χ2n) is 4.08. The van der Waals surface area contributed by atoms with Gasteiger partial charge in [0, 0.05) is 29.4 Å². The predicted molar refractivity (Wildman–Crippen MR) is 76.4 cm³/mol. The summed E-state index contributed by atoms with van der Waals surface area (Å²) in [7, 11) is 0. The summed E-state index contributed by atoms with van der Waals surface area (Å²) in [6.07, 6.45) is 2.08. The van der Waals surface area contributed by atoms with E-state index in [-0.39, 0.29) is 0 Å². The van der Waals surface area contributed by atoms with E-state index in [1.54, 1.807) is 6.07 Å². The van der Waals surface area contributed by atoms with Gasteiger partial charge in [-0.25, -0.2) is 4.79 Å². The van der Waals surface area contributed by atoms with Crippen LogP contribution in [0.15, 0.2) is 24.4 Å². The van der Waals surface area contributed by atoms with Crippen LogP contribution in [0.2, 0.25) is 0 Å². The smallest absolute Gasteiger partial charge is 0.336 e. The lowest BCUT2D eigenvalue weighted by Crippen LogP contribution is -1.98. The molecule has 1 aromatic heterocycles. The van der Waals surface area contributed by atoms with E-state index in [1.807, 2.05) is 23.9 Å². The van der Waals surface area contributed by atoms with Crippen molar-refractivity contribution >= 4 is 28.6 Å². The first-order chi connectivity index (χ1) is 8.69. The molecule has 1 N–H and O–H groups in total. The maximum atomic E-state index is 11.3. The van der Waals surface area contributed by atoms with Crippen molar-refractivity contribution in [3.8, 4) is 0 Å². The molecule has 0 saturated carbocycles. The number of aromatic carboxylic acids is 1. The average Bonchev–Trinajstić information content (AvgIpc) is 2.74. The minimum Gasteiger partial charge on any atom is -0.478 e. The van der Waals surface area contributed by atoms with Crippen molar-refractivity contribution in [2.24, 2.45) is 0 Å². The fourth-order valence-corrected chi connectivity index (χ4v) is 2.84. The van der Waals surface area contributed by atoms with Crippen LogP contribution in [0.3, 0.4) is 0 Å². The molecule has 0 unspecified atom stereocenters. The fraction of sp³-hybridized carbons (Fsp3) is 0.357. The lowest BCUT2D eigenvalue weighted by Gasteiger charge is -2.02. The van der Waals surface area contributed by atoms with Gasteiger partial charge in [0.1, 0.15) is 0 Å². The van der Waals surface area contributed by atoms with Crippen LogP contribution in [0.25, 0.3) is 10.9 Å². The number of fused-ring (bicyclic) bond motifs is 1.